The Morgan fingerprint density at radius 1 is 1.55 bits per heavy atom. The smallest absolute Gasteiger partial charge is 0.415 e. The van der Waals surface area contributed by atoms with E-state index in [1.54, 1.807) is 0 Å². The van der Waals surface area contributed by atoms with E-state index in [2.05, 4.69) is 23.8 Å². The van der Waals surface area contributed by atoms with Crippen molar-refractivity contribution >= 4 is 6.09 Å². The molecule has 0 radical (unpaired) electrons. The molecule has 2 rings (SSSR count). The van der Waals surface area contributed by atoms with Gasteiger partial charge in [-0.3, -0.25) is 4.90 Å². The number of nitrogens with zero attached hydrogens (tertiary/aromatic N) is 1. The molecule has 0 saturated carbocycles. The normalized spacial score (nSPS) is 34.2. The summed E-state index contributed by atoms with van der Waals surface area (Å²) in [6.07, 6.45) is -2.33. The lowest BCUT2D eigenvalue weighted by Crippen LogP contribution is -2.57. The SMILES string of the molecule is C=C(N)N[C@H]1C2COC(=O)N2C(=C)NCC[C@H](O)[C@@H]1O. The predicted molar refractivity (Wildman–Crippen MR) is 71.0 cm³/mol. The van der Waals surface area contributed by atoms with Crippen LogP contribution in [0.5, 0.6) is 0 Å². The molecule has 112 valence electrons. The third-order valence-electron chi connectivity index (χ3n) is 3.49. The zero-order chi connectivity index (χ0) is 14.9. The monoisotopic (exact) mass is 284 g/mol. The number of carbonyl (C=O) groups is 1. The van der Waals surface area contributed by atoms with Crippen LogP contribution >= 0.6 is 0 Å². The number of aliphatic hydroxyl groups is 2. The molecule has 2 fully saturated rings. The highest BCUT2D eigenvalue weighted by atomic mass is 16.6. The minimum atomic E-state index is -1.12. The summed E-state index contributed by atoms with van der Waals surface area (Å²) in [5.41, 5.74) is 5.53. The van der Waals surface area contributed by atoms with Gasteiger partial charge >= 0.3 is 6.09 Å². The molecule has 6 N–H and O–H groups in total. The molecule has 20 heavy (non-hydrogen) atoms. The van der Waals surface area contributed by atoms with Crippen LogP contribution in [0.2, 0.25) is 0 Å². The van der Waals surface area contributed by atoms with Crippen molar-refractivity contribution in [2.24, 2.45) is 5.73 Å². The van der Waals surface area contributed by atoms with Crippen LogP contribution in [0.1, 0.15) is 6.42 Å². The maximum absolute atomic E-state index is 11.8. The van der Waals surface area contributed by atoms with Crippen LogP contribution in [0.25, 0.3) is 0 Å². The second-order valence-electron chi connectivity index (χ2n) is 4.93. The Labute approximate surface area is 116 Å². The molecule has 0 spiro atoms. The summed E-state index contributed by atoms with van der Waals surface area (Å²) in [5.74, 6) is 0.506. The van der Waals surface area contributed by atoms with Gasteiger partial charge < -0.3 is 31.3 Å². The summed E-state index contributed by atoms with van der Waals surface area (Å²) in [6.45, 7) is 7.76. The number of carbonyl (C=O) groups excluding carboxylic acids is 1. The van der Waals surface area contributed by atoms with Gasteiger partial charge in [0.2, 0.25) is 0 Å². The molecule has 1 unspecified atom stereocenters. The zero-order valence-electron chi connectivity index (χ0n) is 11.1. The van der Waals surface area contributed by atoms with Crippen molar-refractivity contribution in [1.29, 1.82) is 0 Å². The lowest BCUT2D eigenvalue weighted by Gasteiger charge is -2.34. The van der Waals surface area contributed by atoms with Gasteiger partial charge in [-0.05, 0) is 6.42 Å². The van der Waals surface area contributed by atoms with Crippen molar-refractivity contribution in [3.05, 3.63) is 24.8 Å². The van der Waals surface area contributed by atoms with E-state index in [1.165, 1.54) is 4.90 Å². The summed E-state index contributed by atoms with van der Waals surface area (Å²) in [5, 5.41) is 26.0. The molecule has 4 atom stereocenters. The number of nitrogens with one attached hydrogen (secondary N) is 2. The summed E-state index contributed by atoms with van der Waals surface area (Å²) < 4.78 is 5.00. The van der Waals surface area contributed by atoms with E-state index in [4.69, 9.17) is 10.5 Å². The number of amides is 1. The molecule has 0 aromatic carbocycles. The summed E-state index contributed by atoms with van der Waals surface area (Å²) in [4.78, 5) is 13.1. The van der Waals surface area contributed by atoms with E-state index in [-0.39, 0.29) is 12.4 Å². The first-order valence-electron chi connectivity index (χ1n) is 6.37. The first-order valence-corrected chi connectivity index (χ1v) is 6.37. The fourth-order valence-corrected chi connectivity index (χ4v) is 2.49. The van der Waals surface area contributed by atoms with E-state index >= 15 is 0 Å². The van der Waals surface area contributed by atoms with Gasteiger partial charge in [0.05, 0.1) is 24.0 Å². The minimum absolute atomic E-state index is 0.0637. The zero-order valence-corrected chi connectivity index (χ0v) is 11.1. The topological polar surface area (TPSA) is 120 Å². The quantitative estimate of drug-likeness (QED) is 0.413. The average Bonchev–Trinajstić information content (AvgIpc) is 2.76. The molecule has 2 aliphatic rings. The van der Waals surface area contributed by atoms with Crippen molar-refractivity contribution in [2.75, 3.05) is 13.2 Å². The van der Waals surface area contributed by atoms with Crippen LogP contribution in [-0.2, 0) is 4.74 Å². The lowest BCUT2D eigenvalue weighted by atomic mass is 9.96. The van der Waals surface area contributed by atoms with E-state index < -0.39 is 30.4 Å². The average molecular weight is 284 g/mol. The molecule has 0 bridgehead atoms. The summed E-state index contributed by atoms with van der Waals surface area (Å²) in [6, 6.07) is -1.24. The number of rotatable bonds is 2. The molecule has 0 aliphatic carbocycles. The van der Waals surface area contributed by atoms with Crippen LogP contribution in [-0.4, -0.2) is 58.6 Å². The van der Waals surface area contributed by atoms with Gasteiger partial charge in [-0.15, -0.1) is 0 Å². The Hall–Kier alpha value is -1.93. The Bertz CT molecular complexity index is 428. The van der Waals surface area contributed by atoms with Gasteiger partial charge in [-0.1, -0.05) is 13.2 Å². The van der Waals surface area contributed by atoms with Crippen LogP contribution in [0.3, 0.4) is 0 Å². The lowest BCUT2D eigenvalue weighted by molar-refractivity contribution is -0.0155. The highest BCUT2D eigenvalue weighted by molar-refractivity contribution is 5.72. The highest BCUT2D eigenvalue weighted by Gasteiger charge is 2.45. The van der Waals surface area contributed by atoms with Gasteiger partial charge in [-0.2, -0.15) is 0 Å². The van der Waals surface area contributed by atoms with Crippen molar-refractivity contribution < 1.29 is 19.7 Å². The largest absolute Gasteiger partial charge is 0.447 e. The van der Waals surface area contributed by atoms with Gasteiger partial charge in [-0.25, -0.2) is 4.79 Å². The Kier molecular flexibility index (Phi) is 4.05. The maximum atomic E-state index is 11.8. The highest BCUT2D eigenvalue weighted by Crippen LogP contribution is 2.24. The first-order chi connectivity index (χ1) is 9.41. The van der Waals surface area contributed by atoms with Crippen LogP contribution in [0.4, 0.5) is 4.79 Å². The summed E-state index contributed by atoms with van der Waals surface area (Å²) >= 11 is 0. The van der Waals surface area contributed by atoms with Gasteiger partial charge in [0.25, 0.3) is 0 Å². The number of hydrogen-bond donors (Lipinski definition) is 5. The van der Waals surface area contributed by atoms with E-state index in [9.17, 15) is 15.0 Å². The molecule has 8 nitrogen and oxygen atoms in total. The van der Waals surface area contributed by atoms with Gasteiger partial charge in [0.1, 0.15) is 18.5 Å². The van der Waals surface area contributed by atoms with Crippen molar-refractivity contribution in [1.82, 2.24) is 15.5 Å². The van der Waals surface area contributed by atoms with E-state index in [0.717, 1.165) is 0 Å². The molecular weight excluding hydrogens is 264 g/mol. The fraction of sp³-hybridized carbons (Fsp3) is 0.583. The molecular formula is C12H20N4O4. The first kappa shape index (κ1) is 14.5. The van der Waals surface area contributed by atoms with Gasteiger partial charge in [0, 0.05) is 6.54 Å². The number of cyclic esters (lactones) is 1. The minimum Gasteiger partial charge on any atom is -0.447 e. The third kappa shape index (κ3) is 2.66. The Morgan fingerprint density at radius 3 is 2.90 bits per heavy atom. The van der Waals surface area contributed by atoms with Crippen molar-refractivity contribution in [3.63, 3.8) is 0 Å². The number of hydrogen-bond acceptors (Lipinski definition) is 7. The fourth-order valence-electron chi connectivity index (χ4n) is 2.49. The predicted octanol–water partition coefficient (Wildman–Crippen LogP) is -1.62. The second-order valence-corrected chi connectivity index (χ2v) is 4.93. The van der Waals surface area contributed by atoms with Crippen molar-refractivity contribution in [3.8, 4) is 0 Å². The van der Waals surface area contributed by atoms with E-state index in [0.29, 0.717) is 18.8 Å². The Morgan fingerprint density at radius 2 is 2.25 bits per heavy atom. The third-order valence-corrected chi connectivity index (χ3v) is 3.49. The molecule has 0 aromatic heterocycles. The number of ether oxygens (including phenoxy) is 1. The van der Waals surface area contributed by atoms with Crippen LogP contribution in [0, 0.1) is 0 Å². The molecule has 2 saturated heterocycles. The summed E-state index contributed by atoms with van der Waals surface area (Å²) in [7, 11) is 0. The molecule has 2 aliphatic heterocycles. The Balaban J connectivity index is 2.33. The molecule has 1 amide bonds. The molecule has 2 heterocycles. The van der Waals surface area contributed by atoms with Crippen LogP contribution in [0.15, 0.2) is 24.8 Å². The van der Waals surface area contributed by atoms with Gasteiger partial charge in [0.15, 0.2) is 0 Å². The number of aliphatic hydroxyl groups excluding tert-OH is 2. The number of nitrogens with two attached hydrogens (primary N) is 1. The van der Waals surface area contributed by atoms with Crippen molar-refractivity contribution in [2.45, 2.75) is 30.7 Å². The van der Waals surface area contributed by atoms with E-state index in [1.807, 2.05) is 0 Å². The molecule has 0 aromatic rings. The second kappa shape index (κ2) is 5.59. The van der Waals surface area contributed by atoms with Crippen LogP contribution < -0.4 is 16.4 Å². The maximum Gasteiger partial charge on any atom is 0.415 e. The standard InChI is InChI=1S/C12H20N4O4/c1-6(13)15-10-8-5-20-12(19)16(8)7(2)14-4-3-9(17)11(10)18/h8-11,14-15,17-18H,1-5,13H2/t8?,9-,10-,11-/m0/s1. The number of fused-ring (bicyclic) bond motifs is 1. The molecule has 8 heteroatoms.